The molecule has 3 nitrogen and oxygen atoms in total. The molecule has 0 aromatic heterocycles. The van der Waals surface area contributed by atoms with E-state index in [2.05, 4.69) is 0 Å². The predicted octanol–water partition coefficient (Wildman–Crippen LogP) is 2.81. The summed E-state index contributed by atoms with van der Waals surface area (Å²) in [6.45, 7) is 5.70. The summed E-state index contributed by atoms with van der Waals surface area (Å²) in [5.74, 6) is -0.241. The molecule has 2 atom stereocenters. The van der Waals surface area contributed by atoms with Crippen LogP contribution in [-0.4, -0.2) is 23.8 Å². The molecular formula is C15H20O3. The van der Waals surface area contributed by atoms with Crippen molar-refractivity contribution in [3.63, 3.8) is 0 Å². The molecule has 0 spiro atoms. The molecule has 1 aromatic rings. The third-order valence-electron chi connectivity index (χ3n) is 2.84. The summed E-state index contributed by atoms with van der Waals surface area (Å²) in [6.07, 6.45) is 1.70. The van der Waals surface area contributed by atoms with E-state index in [1.165, 1.54) is 0 Å². The first-order valence-corrected chi connectivity index (χ1v) is 6.08. The number of carbonyl (C=O) groups excluding carboxylic acids is 1. The molecule has 0 aliphatic heterocycles. The molecule has 0 bridgehead atoms. The van der Waals surface area contributed by atoms with Gasteiger partial charge in [0.05, 0.1) is 12.2 Å². The smallest absolute Gasteiger partial charge is 0.338 e. The fraction of sp³-hybridized carbons (Fsp3) is 0.400. The molecule has 0 heterocycles. The molecule has 3 heteroatoms. The number of hydrogen-bond acceptors (Lipinski definition) is 3. The standard InChI is InChI=1S/C15H20O3/c1-11(10-16)9-12(2)13(3)18-15(17)14-7-5-4-6-8-14/h4-9,12-13,16H,10H2,1-3H3/b11-9+/t12-,13-/m1/s1. The zero-order valence-electron chi connectivity index (χ0n) is 11.1. The molecular weight excluding hydrogens is 228 g/mol. The van der Waals surface area contributed by atoms with E-state index in [0.29, 0.717) is 5.56 Å². The van der Waals surface area contributed by atoms with Crippen molar-refractivity contribution in [2.75, 3.05) is 6.61 Å². The van der Waals surface area contributed by atoms with E-state index >= 15 is 0 Å². The lowest BCUT2D eigenvalue weighted by Crippen LogP contribution is -2.21. The average molecular weight is 248 g/mol. The maximum Gasteiger partial charge on any atom is 0.338 e. The third kappa shape index (κ3) is 4.34. The minimum absolute atomic E-state index is 0.0314. The normalized spacial score (nSPS) is 15.0. The van der Waals surface area contributed by atoms with Crippen LogP contribution in [0, 0.1) is 5.92 Å². The zero-order valence-corrected chi connectivity index (χ0v) is 11.1. The van der Waals surface area contributed by atoms with E-state index in [1.54, 1.807) is 24.3 Å². The van der Waals surface area contributed by atoms with Gasteiger partial charge in [-0.25, -0.2) is 4.79 Å². The van der Waals surface area contributed by atoms with Gasteiger partial charge in [-0.3, -0.25) is 0 Å². The summed E-state index contributed by atoms with van der Waals surface area (Å²) in [7, 11) is 0. The molecule has 0 radical (unpaired) electrons. The van der Waals surface area contributed by atoms with Gasteiger partial charge in [-0.2, -0.15) is 0 Å². The van der Waals surface area contributed by atoms with E-state index in [-0.39, 0.29) is 24.6 Å². The second-order valence-corrected chi connectivity index (χ2v) is 4.51. The summed E-state index contributed by atoms with van der Waals surface area (Å²) in [6, 6.07) is 8.93. The number of aliphatic hydroxyl groups is 1. The van der Waals surface area contributed by atoms with Gasteiger partial charge in [-0.05, 0) is 26.0 Å². The van der Waals surface area contributed by atoms with Crippen LogP contribution in [-0.2, 0) is 4.74 Å². The minimum atomic E-state index is -0.315. The molecule has 1 aromatic carbocycles. The van der Waals surface area contributed by atoms with Crippen molar-refractivity contribution in [1.29, 1.82) is 0 Å². The molecule has 1 rings (SSSR count). The van der Waals surface area contributed by atoms with Gasteiger partial charge in [0.15, 0.2) is 0 Å². The fourth-order valence-electron chi connectivity index (χ4n) is 1.56. The van der Waals surface area contributed by atoms with Gasteiger partial charge in [-0.15, -0.1) is 0 Å². The molecule has 0 aliphatic rings. The van der Waals surface area contributed by atoms with Crippen LogP contribution in [0.5, 0.6) is 0 Å². The Morgan fingerprint density at radius 3 is 2.50 bits per heavy atom. The Balaban J connectivity index is 2.60. The van der Waals surface area contributed by atoms with Crippen molar-refractivity contribution in [2.24, 2.45) is 5.92 Å². The lowest BCUT2D eigenvalue weighted by atomic mass is 10.0. The molecule has 0 amide bonds. The summed E-state index contributed by atoms with van der Waals surface area (Å²) in [5, 5.41) is 8.95. The Morgan fingerprint density at radius 1 is 1.33 bits per heavy atom. The highest BCUT2D eigenvalue weighted by Crippen LogP contribution is 2.13. The van der Waals surface area contributed by atoms with Crippen molar-refractivity contribution in [3.05, 3.63) is 47.5 Å². The highest BCUT2D eigenvalue weighted by molar-refractivity contribution is 5.89. The van der Waals surface area contributed by atoms with Gasteiger partial charge in [0.1, 0.15) is 6.10 Å². The maximum atomic E-state index is 11.8. The van der Waals surface area contributed by atoms with Gasteiger partial charge in [0.25, 0.3) is 0 Å². The molecule has 0 saturated heterocycles. The quantitative estimate of drug-likeness (QED) is 0.644. The van der Waals surface area contributed by atoms with E-state index in [4.69, 9.17) is 9.84 Å². The SMILES string of the molecule is C/C(=C\[C@@H](C)[C@@H](C)OC(=O)c1ccccc1)CO. The second kappa shape index (κ2) is 6.97. The van der Waals surface area contributed by atoms with E-state index in [9.17, 15) is 4.79 Å². The van der Waals surface area contributed by atoms with E-state index in [1.807, 2.05) is 32.9 Å². The Morgan fingerprint density at radius 2 is 1.94 bits per heavy atom. The number of esters is 1. The summed E-state index contributed by atoms with van der Waals surface area (Å²) in [5.41, 5.74) is 1.43. The van der Waals surface area contributed by atoms with Crippen molar-refractivity contribution in [1.82, 2.24) is 0 Å². The fourth-order valence-corrected chi connectivity index (χ4v) is 1.56. The second-order valence-electron chi connectivity index (χ2n) is 4.51. The van der Waals surface area contributed by atoms with Gasteiger partial charge in [0.2, 0.25) is 0 Å². The van der Waals surface area contributed by atoms with Crippen molar-refractivity contribution >= 4 is 5.97 Å². The maximum absolute atomic E-state index is 11.8. The average Bonchev–Trinajstić information content (AvgIpc) is 2.39. The highest BCUT2D eigenvalue weighted by Gasteiger charge is 2.16. The van der Waals surface area contributed by atoms with E-state index in [0.717, 1.165) is 5.57 Å². The van der Waals surface area contributed by atoms with Crippen LogP contribution in [0.25, 0.3) is 0 Å². The highest BCUT2D eigenvalue weighted by atomic mass is 16.5. The number of hydrogen-bond donors (Lipinski definition) is 1. The monoisotopic (exact) mass is 248 g/mol. The third-order valence-corrected chi connectivity index (χ3v) is 2.84. The van der Waals surface area contributed by atoms with Crippen molar-refractivity contribution in [2.45, 2.75) is 26.9 Å². The lowest BCUT2D eigenvalue weighted by Gasteiger charge is -2.18. The number of ether oxygens (including phenoxy) is 1. The van der Waals surface area contributed by atoms with Gasteiger partial charge < -0.3 is 9.84 Å². The Hall–Kier alpha value is -1.61. The molecule has 0 aliphatic carbocycles. The molecule has 98 valence electrons. The lowest BCUT2D eigenvalue weighted by molar-refractivity contribution is 0.0265. The van der Waals surface area contributed by atoms with Gasteiger partial charge in [-0.1, -0.05) is 36.8 Å². The first kappa shape index (κ1) is 14.5. The molecule has 0 unspecified atom stereocenters. The first-order chi connectivity index (χ1) is 8.54. The van der Waals surface area contributed by atoms with Crippen LogP contribution >= 0.6 is 0 Å². The predicted molar refractivity (Wildman–Crippen MR) is 71.3 cm³/mol. The summed E-state index contributed by atoms with van der Waals surface area (Å²) >= 11 is 0. The molecule has 0 saturated carbocycles. The Bertz CT molecular complexity index is 409. The Kier molecular flexibility index (Phi) is 5.59. The van der Waals surface area contributed by atoms with Crippen LogP contribution in [0.15, 0.2) is 42.0 Å². The van der Waals surface area contributed by atoms with Crippen LogP contribution in [0.4, 0.5) is 0 Å². The summed E-state index contributed by atoms with van der Waals surface area (Å²) < 4.78 is 5.38. The van der Waals surface area contributed by atoms with Crippen molar-refractivity contribution < 1.29 is 14.6 Å². The first-order valence-electron chi connectivity index (χ1n) is 6.08. The van der Waals surface area contributed by atoms with Crippen LogP contribution in [0.3, 0.4) is 0 Å². The van der Waals surface area contributed by atoms with Crippen molar-refractivity contribution in [3.8, 4) is 0 Å². The van der Waals surface area contributed by atoms with Gasteiger partial charge in [0, 0.05) is 5.92 Å². The van der Waals surface area contributed by atoms with Gasteiger partial charge >= 0.3 is 5.97 Å². The van der Waals surface area contributed by atoms with Crippen LogP contribution in [0.2, 0.25) is 0 Å². The number of carbonyl (C=O) groups is 1. The topological polar surface area (TPSA) is 46.5 Å². The van der Waals surface area contributed by atoms with E-state index < -0.39 is 0 Å². The molecule has 1 N–H and O–H groups in total. The molecule has 0 fully saturated rings. The zero-order chi connectivity index (χ0) is 13.5. The molecule has 18 heavy (non-hydrogen) atoms. The van der Waals surface area contributed by atoms with Crippen LogP contribution < -0.4 is 0 Å². The number of benzene rings is 1. The Labute approximate surface area is 108 Å². The minimum Gasteiger partial charge on any atom is -0.458 e. The number of aliphatic hydroxyl groups excluding tert-OH is 1. The van der Waals surface area contributed by atoms with Crippen LogP contribution in [0.1, 0.15) is 31.1 Å². The largest absolute Gasteiger partial charge is 0.458 e. The number of rotatable bonds is 5. The summed E-state index contributed by atoms with van der Waals surface area (Å²) in [4.78, 5) is 11.8.